The van der Waals surface area contributed by atoms with Crippen LogP contribution in [0.25, 0.3) is 0 Å². The largest absolute Gasteiger partial charge is 0.352 e. The molecule has 2 aliphatic rings. The molecule has 0 bridgehead atoms. The third-order valence-corrected chi connectivity index (χ3v) is 7.38. The molecule has 2 fully saturated rings. The zero-order chi connectivity index (χ0) is 20.9. The normalized spacial score (nSPS) is 22.9. The van der Waals surface area contributed by atoms with E-state index in [1.54, 1.807) is 0 Å². The Balaban J connectivity index is 1.26. The van der Waals surface area contributed by atoms with Gasteiger partial charge in [-0.15, -0.1) is 0 Å². The van der Waals surface area contributed by atoms with Crippen molar-refractivity contribution >= 4 is 33.4 Å². The number of nitrogens with one attached hydrogen (secondary N) is 1. The Morgan fingerprint density at radius 1 is 1.03 bits per heavy atom. The predicted octanol–water partition coefficient (Wildman–Crippen LogP) is 5.64. The van der Waals surface area contributed by atoms with Gasteiger partial charge >= 0.3 is 0 Å². The first-order chi connectivity index (χ1) is 14.6. The van der Waals surface area contributed by atoms with Crippen LogP contribution >= 0.6 is 27.5 Å². The van der Waals surface area contributed by atoms with Crippen LogP contribution in [0.15, 0.2) is 53.0 Å². The van der Waals surface area contributed by atoms with Crippen LogP contribution in [0.2, 0.25) is 5.02 Å². The van der Waals surface area contributed by atoms with Gasteiger partial charge in [0.1, 0.15) is 0 Å². The maximum Gasteiger partial charge on any atom is 0.224 e. The van der Waals surface area contributed by atoms with E-state index in [1.807, 2.05) is 36.4 Å². The lowest BCUT2D eigenvalue weighted by atomic mass is 9.89. The lowest BCUT2D eigenvalue weighted by Gasteiger charge is -2.38. The van der Waals surface area contributed by atoms with Gasteiger partial charge in [0.25, 0.3) is 0 Å². The minimum Gasteiger partial charge on any atom is -0.352 e. The van der Waals surface area contributed by atoms with Gasteiger partial charge in [0.2, 0.25) is 5.91 Å². The van der Waals surface area contributed by atoms with Gasteiger partial charge in [-0.2, -0.15) is 0 Å². The quantitative estimate of drug-likeness (QED) is 0.570. The average molecular weight is 490 g/mol. The molecule has 5 heteroatoms. The summed E-state index contributed by atoms with van der Waals surface area (Å²) in [6.45, 7) is 2.28. The topological polar surface area (TPSA) is 32.3 Å². The fourth-order valence-electron chi connectivity index (χ4n) is 5.08. The molecule has 2 aromatic carbocycles. The molecule has 1 N–H and O–H groups in total. The molecule has 30 heavy (non-hydrogen) atoms. The lowest BCUT2D eigenvalue weighted by molar-refractivity contribution is -0.121. The van der Waals surface area contributed by atoms with Crippen molar-refractivity contribution in [3.63, 3.8) is 0 Å². The molecule has 1 heterocycles. The summed E-state index contributed by atoms with van der Waals surface area (Å²) in [4.78, 5) is 15.3. The molecule has 1 aliphatic carbocycles. The summed E-state index contributed by atoms with van der Waals surface area (Å²) in [6, 6.07) is 17.1. The van der Waals surface area contributed by atoms with Gasteiger partial charge in [-0.25, -0.2) is 0 Å². The summed E-state index contributed by atoms with van der Waals surface area (Å²) >= 11 is 9.50. The van der Waals surface area contributed by atoms with Gasteiger partial charge in [-0.3, -0.25) is 9.69 Å². The monoisotopic (exact) mass is 488 g/mol. The number of carbonyl (C=O) groups is 1. The third kappa shape index (κ3) is 5.87. The minimum absolute atomic E-state index is 0.141. The Hall–Kier alpha value is -1.36. The van der Waals surface area contributed by atoms with Crippen LogP contribution in [0.5, 0.6) is 0 Å². The Bertz CT molecular complexity index is 848. The fraction of sp³-hybridized carbons (Fsp3) is 0.480. The molecule has 0 aromatic heterocycles. The summed E-state index contributed by atoms with van der Waals surface area (Å²) in [5.41, 5.74) is 2.44. The van der Waals surface area contributed by atoms with Crippen molar-refractivity contribution < 1.29 is 4.79 Å². The molecule has 2 aromatic rings. The van der Waals surface area contributed by atoms with Crippen molar-refractivity contribution in [1.29, 1.82) is 0 Å². The van der Waals surface area contributed by atoms with E-state index in [2.05, 4.69) is 38.3 Å². The van der Waals surface area contributed by atoms with Gasteiger partial charge in [-0.1, -0.05) is 51.8 Å². The van der Waals surface area contributed by atoms with Gasteiger partial charge in [0, 0.05) is 21.6 Å². The highest BCUT2D eigenvalue weighted by Gasteiger charge is 2.34. The molecular weight excluding hydrogens is 460 g/mol. The number of carbonyl (C=O) groups excluding carboxylic acids is 1. The highest BCUT2D eigenvalue weighted by molar-refractivity contribution is 9.10. The van der Waals surface area contributed by atoms with Gasteiger partial charge in [-0.05, 0) is 92.9 Å². The Labute approximate surface area is 193 Å². The number of hydrogen-bond acceptors (Lipinski definition) is 2. The van der Waals surface area contributed by atoms with E-state index < -0.39 is 0 Å². The zero-order valence-electron chi connectivity index (χ0n) is 17.3. The van der Waals surface area contributed by atoms with E-state index >= 15 is 0 Å². The molecule has 1 amide bonds. The number of benzene rings is 2. The summed E-state index contributed by atoms with van der Waals surface area (Å²) < 4.78 is 1.02. The second kappa shape index (κ2) is 10.3. The first kappa shape index (κ1) is 21.9. The third-order valence-electron chi connectivity index (χ3n) is 6.64. The molecule has 0 spiro atoms. The number of likely N-dealkylation sites (tertiary alicyclic amines) is 1. The van der Waals surface area contributed by atoms with Crippen molar-refractivity contribution in [2.24, 2.45) is 5.92 Å². The zero-order valence-corrected chi connectivity index (χ0v) is 19.7. The SMILES string of the molecule is O=C(Cc1cccc(Br)c1)NC1CCCC1N1CCC(Cc2ccc(Cl)cc2)CC1. The maximum absolute atomic E-state index is 12.6. The average Bonchev–Trinajstić information content (AvgIpc) is 3.18. The molecule has 1 saturated carbocycles. The van der Waals surface area contributed by atoms with Crippen LogP contribution in [0.1, 0.15) is 43.2 Å². The van der Waals surface area contributed by atoms with E-state index in [0.29, 0.717) is 12.5 Å². The van der Waals surface area contributed by atoms with Crippen molar-refractivity contribution in [3.05, 3.63) is 69.2 Å². The molecule has 2 unspecified atom stereocenters. The summed E-state index contributed by atoms with van der Waals surface area (Å²) in [5.74, 6) is 0.885. The number of nitrogens with zero attached hydrogens (tertiary/aromatic N) is 1. The van der Waals surface area contributed by atoms with E-state index in [1.165, 1.54) is 31.2 Å². The van der Waals surface area contributed by atoms with Gasteiger partial charge in [0.15, 0.2) is 0 Å². The van der Waals surface area contributed by atoms with Crippen molar-refractivity contribution in [2.75, 3.05) is 13.1 Å². The number of halogens is 2. The standard InChI is InChI=1S/C25H30BrClN2O/c26-21-4-1-3-20(16-21)17-25(30)28-23-5-2-6-24(23)29-13-11-19(12-14-29)15-18-7-9-22(27)10-8-18/h1,3-4,7-10,16,19,23-24H,2,5-6,11-15,17H2,(H,28,30). The van der Waals surface area contributed by atoms with Crippen LogP contribution in [0.3, 0.4) is 0 Å². The van der Waals surface area contributed by atoms with Crippen LogP contribution in [-0.2, 0) is 17.6 Å². The molecule has 160 valence electrons. The highest BCUT2D eigenvalue weighted by atomic mass is 79.9. The Morgan fingerprint density at radius 2 is 1.80 bits per heavy atom. The lowest BCUT2D eigenvalue weighted by Crippen LogP contribution is -2.51. The summed E-state index contributed by atoms with van der Waals surface area (Å²) in [5, 5.41) is 4.15. The number of hydrogen-bond donors (Lipinski definition) is 1. The minimum atomic E-state index is 0.141. The van der Waals surface area contributed by atoms with Crippen molar-refractivity contribution in [2.45, 2.75) is 57.0 Å². The fourth-order valence-corrected chi connectivity index (χ4v) is 5.65. The number of piperidine rings is 1. The van der Waals surface area contributed by atoms with E-state index in [4.69, 9.17) is 11.6 Å². The Morgan fingerprint density at radius 3 is 2.53 bits per heavy atom. The number of amides is 1. The van der Waals surface area contributed by atoms with Crippen LogP contribution in [0, 0.1) is 5.92 Å². The molecular formula is C25H30BrClN2O. The van der Waals surface area contributed by atoms with E-state index in [9.17, 15) is 4.79 Å². The van der Waals surface area contributed by atoms with Gasteiger partial charge in [0.05, 0.1) is 6.42 Å². The van der Waals surface area contributed by atoms with Crippen LogP contribution in [0.4, 0.5) is 0 Å². The van der Waals surface area contributed by atoms with E-state index in [-0.39, 0.29) is 11.9 Å². The first-order valence-corrected chi connectivity index (χ1v) is 12.3. The second-order valence-corrected chi connectivity index (χ2v) is 10.1. The molecule has 0 radical (unpaired) electrons. The Kier molecular flexibility index (Phi) is 7.50. The van der Waals surface area contributed by atoms with Crippen molar-refractivity contribution in [3.8, 4) is 0 Å². The highest BCUT2D eigenvalue weighted by Crippen LogP contribution is 2.30. The van der Waals surface area contributed by atoms with Crippen molar-refractivity contribution in [1.82, 2.24) is 10.2 Å². The summed E-state index contributed by atoms with van der Waals surface area (Å²) in [7, 11) is 0. The molecule has 3 nitrogen and oxygen atoms in total. The molecule has 1 saturated heterocycles. The number of rotatable bonds is 6. The molecule has 1 aliphatic heterocycles. The predicted molar refractivity (Wildman–Crippen MR) is 127 cm³/mol. The van der Waals surface area contributed by atoms with Crippen LogP contribution < -0.4 is 5.32 Å². The van der Waals surface area contributed by atoms with E-state index in [0.717, 1.165) is 46.9 Å². The summed E-state index contributed by atoms with van der Waals surface area (Å²) in [6.07, 6.45) is 7.56. The first-order valence-electron chi connectivity index (χ1n) is 11.1. The smallest absolute Gasteiger partial charge is 0.224 e. The maximum atomic E-state index is 12.6. The van der Waals surface area contributed by atoms with Gasteiger partial charge < -0.3 is 5.32 Å². The van der Waals surface area contributed by atoms with Crippen LogP contribution in [-0.4, -0.2) is 36.0 Å². The molecule has 4 rings (SSSR count). The molecule has 2 atom stereocenters. The second-order valence-electron chi connectivity index (χ2n) is 8.79.